The molecule has 0 aromatic carbocycles. The number of methoxy groups -OCH3 is 1. The lowest BCUT2D eigenvalue weighted by Crippen LogP contribution is -2.32. The second kappa shape index (κ2) is 5.48. The van der Waals surface area contributed by atoms with Crippen LogP contribution in [0.3, 0.4) is 0 Å². The maximum Gasteiger partial charge on any atom is 0.412 e. The lowest BCUT2D eigenvalue weighted by atomic mass is 10.2. The zero-order valence-electron chi connectivity index (χ0n) is 11.0. The summed E-state index contributed by atoms with van der Waals surface area (Å²) in [7, 11) is 1.29. The number of nitrogens with one attached hydrogen (secondary N) is 1. The molecule has 0 radical (unpaired) electrons. The maximum atomic E-state index is 11.6. The van der Waals surface area contributed by atoms with Crippen molar-refractivity contribution in [3.05, 3.63) is 22.8 Å². The summed E-state index contributed by atoms with van der Waals surface area (Å²) in [5.74, 6) is 0.0694. The lowest BCUT2D eigenvalue weighted by molar-refractivity contribution is -0.135. The van der Waals surface area contributed by atoms with Crippen LogP contribution >= 0.6 is 11.8 Å². The Hall–Kier alpha value is -1.43. The number of carbonyl (C=O) groups excluding carboxylic acids is 2. The van der Waals surface area contributed by atoms with Crippen LogP contribution in [0.1, 0.15) is 20.8 Å². The third-order valence-corrected chi connectivity index (χ3v) is 3.12. The number of hydrogen-bond acceptors (Lipinski definition) is 5. The van der Waals surface area contributed by atoms with E-state index in [4.69, 9.17) is 4.74 Å². The molecular weight excluding hydrogens is 254 g/mol. The number of carbonyl (C=O) groups is 2. The minimum Gasteiger partial charge on any atom is -0.465 e. The van der Waals surface area contributed by atoms with Gasteiger partial charge in [0.25, 0.3) is 0 Å². The van der Waals surface area contributed by atoms with E-state index in [1.54, 1.807) is 20.8 Å². The van der Waals surface area contributed by atoms with Crippen molar-refractivity contribution in [2.75, 3.05) is 12.9 Å². The first-order valence-electron chi connectivity index (χ1n) is 5.38. The van der Waals surface area contributed by atoms with Gasteiger partial charge in [-0.3, -0.25) is 5.32 Å². The maximum absolute atomic E-state index is 11.6. The molecule has 0 aliphatic carbocycles. The number of rotatable bonds is 2. The van der Waals surface area contributed by atoms with E-state index < -0.39 is 17.7 Å². The first-order chi connectivity index (χ1) is 8.24. The Balaban J connectivity index is 2.82. The molecule has 0 aromatic heterocycles. The number of allylic oxidation sites excluding steroid dienone is 1. The molecule has 1 heterocycles. The van der Waals surface area contributed by atoms with Crippen LogP contribution in [0.4, 0.5) is 4.79 Å². The van der Waals surface area contributed by atoms with Crippen molar-refractivity contribution in [3.63, 3.8) is 0 Å². The summed E-state index contributed by atoms with van der Waals surface area (Å²) >= 11 is 1.29. The van der Waals surface area contributed by atoms with Crippen molar-refractivity contribution in [3.8, 4) is 0 Å². The number of hydrogen-bond donors (Lipinski definition) is 1. The van der Waals surface area contributed by atoms with Gasteiger partial charge in [-0.2, -0.15) is 0 Å². The minimum absolute atomic E-state index is 0.355. The van der Waals surface area contributed by atoms with Gasteiger partial charge in [0.1, 0.15) is 10.5 Å². The Kier molecular flexibility index (Phi) is 4.45. The molecule has 6 heteroatoms. The smallest absolute Gasteiger partial charge is 0.412 e. The summed E-state index contributed by atoms with van der Waals surface area (Å²) < 4.78 is 9.77. The summed E-state index contributed by atoms with van der Waals surface area (Å²) in [6, 6.07) is 0. The highest BCUT2D eigenvalue weighted by Crippen LogP contribution is 2.33. The van der Waals surface area contributed by atoms with Gasteiger partial charge in [-0.1, -0.05) is 6.58 Å². The summed E-state index contributed by atoms with van der Waals surface area (Å²) in [6.45, 7) is 9.09. The van der Waals surface area contributed by atoms with Crippen LogP contribution in [0.25, 0.3) is 0 Å². The molecule has 5 nitrogen and oxygen atoms in total. The van der Waals surface area contributed by atoms with Gasteiger partial charge in [-0.15, -0.1) is 11.8 Å². The van der Waals surface area contributed by atoms with E-state index in [0.717, 1.165) is 0 Å². The molecule has 0 spiro atoms. The Morgan fingerprint density at radius 2 is 2.00 bits per heavy atom. The number of thioether (sulfide) groups is 1. The zero-order chi connectivity index (χ0) is 13.9. The molecule has 0 saturated heterocycles. The van der Waals surface area contributed by atoms with Crippen LogP contribution in [0.15, 0.2) is 22.8 Å². The van der Waals surface area contributed by atoms with Crippen molar-refractivity contribution in [1.82, 2.24) is 5.32 Å². The van der Waals surface area contributed by atoms with Gasteiger partial charge in [0, 0.05) is 5.75 Å². The fourth-order valence-electron chi connectivity index (χ4n) is 1.27. The predicted octanol–water partition coefficient (Wildman–Crippen LogP) is 2.20. The van der Waals surface area contributed by atoms with Crippen LogP contribution in [0.5, 0.6) is 0 Å². The molecule has 0 saturated carbocycles. The number of ether oxygens (including phenoxy) is 2. The number of alkyl carbamates (subject to hydrolysis) is 1. The second-order valence-corrected chi connectivity index (χ2v) is 5.70. The monoisotopic (exact) mass is 271 g/mol. The van der Waals surface area contributed by atoms with E-state index >= 15 is 0 Å². The van der Waals surface area contributed by atoms with Crippen LogP contribution in [-0.2, 0) is 14.3 Å². The Morgan fingerprint density at radius 3 is 2.50 bits per heavy atom. The minimum atomic E-state index is -0.609. The Labute approximate surface area is 111 Å². The zero-order valence-corrected chi connectivity index (χ0v) is 11.8. The molecule has 1 N–H and O–H groups in total. The highest BCUT2D eigenvalue weighted by Gasteiger charge is 2.28. The van der Waals surface area contributed by atoms with Crippen LogP contribution < -0.4 is 5.32 Å². The standard InChI is InChI=1S/C12H17NO4S/c1-7-6-18-9(10(14)16-5)8(7)13-11(15)17-12(2,3)4/h1,6H2,2-5H3,(H,13,15). The number of amides is 1. The summed E-state index contributed by atoms with van der Waals surface area (Å²) in [5.41, 5.74) is 0.468. The van der Waals surface area contributed by atoms with E-state index in [1.165, 1.54) is 18.9 Å². The molecule has 1 rings (SSSR count). The van der Waals surface area contributed by atoms with E-state index in [2.05, 4.69) is 16.6 Å². The van der Waals surface area contributed by atoms with E-state index in [-0.39, 0.29) is 0 Å². The van der Waals surface area contributed by atoms with E-state index in [0.29, 0.717) is 21.9 Å². The average molecular weight is 271 g/mol. The van der Waals surface area contributed by atoms with Crippen molar-refractivity contribution in [2.24, 2.45) is 0 Å². The average Bonchev–Trinajstić information content (AvgIpc) is 2.57. The lowest BCUT2D eigenvalue weighted by Gasteiger charge is -2.20. The first kappa shape index (κ1) is 14.6. The van der Waals surface area contributed by atoms with Crippen LogP contribution in [0, 0.1) is 0 Å². The SMILES string of the molecule is C=C1CSC(C(=O)OC)=C1NC(=O)OC(C)(C)C. The largest absolute Gasteiger partial charge is 0.465 e. The molecular formula is C12H17NO4S. The van der Waals surface area contributed by atoms with E-state index in [9.17, 15) is 9.59 Å². The summed E-state index contributed by atoms with van der Waals surface area (Å²) in [5, 5.41) is 2.55. The summed E-state index contributed by atoms with van der Waals surface area (Å²) in [6.07, 6.45) is -0.609. The Morgan fingerprint density at radius 1 is 1.39 bits per heavy atom. The van der Waals surface area contributed by atoms with Gasteiger partial charge in [0.2, 0.25) is 0 Å². The highest BCUT2D eigenvalue weighted by molar-refractivity contribution is 8.04. The van der Waals surface area contributed by atoms with Gasteiger partial charge in [0.15, 0.2) is 0 Å². The van der Waals surface area contributed by atoms with Crippen molar-refractivity contribution in [2.45, 2.75) is 26.4 Å². The van der Waals surface area contributed by atoms with Gasteiger partial charge < -0.3 is 9.47 Å². The van der Waals surface area contributed by atoms with Gasteiger partial charge in [-0.05, 0) is 26.3 Å². The van der Waals surface area contributed by atoms with Crippen molar-refractivity contribution in [1.29, 1.82) is 0 Å². The first-order valence-corrected chi connectivity index (χ1v) is 6.36. The Bertz CT molecular complexity index is 420. The molecule has 18 heavy (non-hydrogen) atoms. The predicted molar refractivity (Wildman–Crippen MR) is 70.0 cm³/mol. The van der Waals surface area contributed by atoms with E-state index in [1.807, 2.05) is 0 Å². The van der Waals surface area contributed by atoms with Gasteiger partial charge in [0.05, 0.1) is 12.8 Å². The van der Waals surface area contributed by atoms with Gasteiger partial charge >= 0.3 is 12.1 Å². The normalized spacial score (nSPS) is 15.7. The fraction of sp³-hybridized carbons (Fsp3) is 0.500. The molecule has 0 fully saturated rings. The number of esters is 1. The molecule has 1 amide bonds. The van der Waals surface area contributed by atoms with Crippen LogP contribution in [0.2, 0.25) is 0 Å². The van der Waals surface area contributed by atoms with Gasteiger partial charge in [-0.25, -0.2) is 9.59 Å². The molecule has 1 aliphatic heterocycles. The molecule has 0 atom stereocenters. The molecule has 0 aromatic rings. The third-order valence-electron chi connectivity index (χ3n) is 1.97. The molecule has 0 unspecified atom stereocenters. The quantitative estimate of drug-likeness (QED) is 0.780. The molecule has 100 valence electrons. The highest BCUT2D eigenvalue weighted by atomic mass is 32.2. The fourth-order valence-corrected chi connectivity index (χ4v) is 2.27. The second-order valence-electron chi connectivity index (χ2n) is 4.71. The molecule has 0 bridgehead atoms. The molecule has 1 aliphatic rings. The van der Waals surface area contributed by atoms with Crippen LogP contribution in [-0.4, -0.2) is 30.5 Å². The van der Waals surface area contributed by atoms with Crippen molar-refractivity contribution < 1.29 is 19.1 Å². The third kappa shape index (κ3) is 3.80. The summed E-state index contributed by atoms with van der Waals surface area (Å²) in [4.78, 5) is 23.5. The van der Waals surface area contributed by atoms with Crippen molar-refractivity contribution >= 4 is 23.8 Å². The topological polar surface area (TPSA) is 64.6 Å².